The normalized spacial score (nSPS) is 38.3. The van der Waals surface area contributed by atoms with Gasteiger partial charge in [-0.25, -0.2) is 4.79 Å². The first-order valence-electron chi connectivity index (χ1n) is 21.3. The molecule has 5 aliphatic rings. The highest BCUT2D eigenvalue weighted by atomic mass is 16.5. The second-order valence-corrected chi connectivity index (χ2v) is 19.9. The van der Waals surface area contributed by atoms with Gasteiger partial charge in [0.2, 0.25) is 5.91 Å². The lowest BCUT2D eigenvalue weighted by atomic mass is 9.32. The van der Waals surface area contributed by atoms with Crippen molar-refractivity contribution < 1.29 is 19.1 Å². The molecule has 7 heteroatoms. The van der Waals surface area contributed by atoms with E-state index in [1.54, 1.807) is 0 Å². The Bertz CT molecular complexity index is 1510. The number of fused-ring (bicyclic) bond motifs is 7. The van der Waals surface area contributed by atoms with Crippen LogP contribution in [-0.4, -0.2) is 30.6 Å². The molecule has 0 unspecified atom stereocenters. The highest BCUT2D eigenvalue weighted by Crippen LogP contribution is 2.77. The summed E-state index contributed by atoms with van der Waals surface area (Å²) >= 11 is 0. The fraction of sp³-hybridized carbons (Fsp3) is 0.761. The lowest BCUT2D eigenvalue weighted by Crippen LogP contribution is -2.66. The van der Waals surface area contributed by atoms with Crippen molar-refractivity contribution in [2.24, 2.45) is 62.4 Å². The topological polar surface area (TPSA) is 111 Å². The molecule has 0 heterocycles. The van der Waals surface area contributed by atoms with E-state index in [9.17, 15) is 14.4 Å². The van der Waals surface area contributed by atoms with Crippen molar-refractivity contribution in [1.82, 2.24) is 10.6 Å². The third-order valence-electron chi connectivity index (χ3n) is 16.9. The Kier molecular flexibility index (Phi) is 11.6. The van der Waals surface area contributed by atoms with Crippen molar-refractivity contribution in [3.8, 4) is 0 Å². The summed E-state index contributed by atoms with van der Waals surface area (Å²) in [6, 6.07) is 9.94. The van der Waals surface area contributed by atoms with Crippen molar-refractivity contribution in [3.05, 3.63) is 48.0 Å². The SMILES string of the molecule is C=C(CNC(=O)NCc1ccccc1)[C@@H]1CC[C@]2(C)CC[C@]3(C)[C@H](CC[C@@H]4[C@@]5(C)CC[C@H](OC(=O)CCCCCCC(N)=O)C(C)(C)[C@@H]5CC[C@]43C)[C@@H]12. The standard InChI is InChI=1S/C46H71N3O4/c1-31(29-48-41(52)49-30-32-15-11-10-12-16-32)33-21-24-43(4)27-28-45(6)34(40(33)43)19-20-36-44(5)25-23-37(42(2,3)35(44)22-26-46(36,45)7)53-39(51)18-14-9-8-13-17-38(47)50/h10-12,15-16,33-37,40H,1,8-9,13-14,17-30H2,2-7H3,(H2,47,50)(H2,48,49,52)/t33-,34+,35-,36+,37-,40+,43+,44-,45+,46+/m0/s1. The van der Waals surface area contributed by atoms with E-state index < -0.39 is 0 Å². The van der Waals surface area contributed by atoms with Gasteiger partial charge in [-0.05, 0) is 134 Å². The van der Waals surface area contributed by atoms with Crippen LogP contribution in [0.3, 0.4) is 0 Å². The molecule has 4 N–H and O–H groups in total. The molecule has 10 atom stereocenters. The maximum Gasteiger partial charge on any atom is 0.315 e. The second kappa shape index (κ2) is 15.4. The summed E-state index contributed by atoms with van der Waals surface area (Å²) < 4.78 is 6.32. The van der Waals surface area contributed by atoms with E-state index in [1.165, 1.54) is 56.9 Å². The molecule has 0 bridgehead atoms. The molecule has 1 aromatic carbocycles. The zero-order chi connectivity index (χ0) is 38.2. The van der Waals surface area contributed by atoms with Gasteiger partial charge in [-0.3, -0.25) is 9.59 Å². The van der Waals surface area contributed by atoms with Crippen molar-refractivity contribution in [3.63, 3.8) is 0 Å². The lowest BCUT2D eigenvalue weighted by molar-refractivity contribution is -0.249. The van der Waals surface area contributed by atoms with Crippen molar-refractivity contribution in [2.75, 3.05) is 6.54 Å². The molecule has 0 aliphatic heterocycles. The molecule has 7 nitrogen and oxygen atoms in total. The maximum absolute atomic E-state index is 13.1. The number of hydrogen-bond donors (Lipinski definition) is 3. The monoisotopic (exact) mass is 730 g/mol. The van der Waals surface area contributed by atoms with Crippen LogP contribution in [0.1, 0.15) is 150 Å². The van der Waals surface area contributed by atoms with Crippen LogP contribution in [0.5, 0.6) is 0 Å². The molecule has 3 amide bonds. The number of esters is 1. The minimum absolute atomic E-state index is 0.0334. The van der Waals surface area contributed by atoms with E-state index in [2.05, 4.69) is 58.8 Å². The zero-order valence-corrected chi connectivity index (χ0v) is 34.0. The molecule has 0 spiro atoms. The summed E-state index contributed by atoms with van der Waals surface area (Å²) in [7, 11) is 0. The summed E-state index contributed by atoms with van der Waals surface area (Å²) in [5, 5.41) is 6.19. The van der Waals surface area contributed by atoms with Gasteiger partial charge in [-0.15, -0.1) is 0 Å². The molecule has 5 saturated carbocycles. The van der Waals surface area contributed by atoms with Crippen LogP contribution in [0.25, 0.3) is 0 Å². The molecular formula is C46H71N3O4. The first-order valence-corrected chi connectivity index (χ1v) is 21.3. The third kappa shape index (κ3) is 7.45. The highest BCUT2D eigenvalue weighted by molar-refractivity contribution is 5.74. The molecular weight excluding hydrogens is 659 g/mol. The van der Waals surface area contributed by atoms with E-state index in [0.717, 1.165) is 44.1 Å². The third-order valence-corrected chi connectivity index (χ3v) is 16.9. The van der Waals surface area contributed by atoms with Gasteiger partial charge in [0.05, 0.1) is 0 Å². The predicted octanol–water partition coefficient (Wildman–Crippen LogP) is 9.88. The van der Waals surface area contributed by atoms with E-state index in [-0.39, 0.29) is 45.7 Å². The van der Waals surface area contributed by atoms with Crippen molar-refractivity contribution in [2.45, 2.75) is 157 Å². The number of carbonyl (C=O) groups excluding carboxylic acids is 3. The summed E-state index contributed by atoms with van der Waals surface area (Å²) in [4.78, 5) is 36.9. The van der Waals surface area contributed by atoms with Gasteiger partial charge in [0, 0.05) is 31.3 Å². The van der Waals surface area contributed by atoms with Gasteiger partial charge in [0.1, 0.15) is 6.10 Å². The van der Waals surface area contributed by atoms with Crippen LogP contribution in [0.15, 0.2) is 42.5 Å². The molecule has 0 saturated heterocycles. The minimum atomic E-state index is -0.251. The number of hydrogen-bond acceptors (Lipinski definition) is 4. The average molecular weight is 730 g/mol. The smallest absolute Gasteiger partial charge is 0.315 e. The number of unbranched alkanes of at least 4 members (excludes halogenated alkanes) is 3. The van der Waals surface area contributed by atoms with Gasteiger partial charge in [-0.1, -0.05) is 96.9 Å². The van der Waals surface area contributed by atoms with E-state index in [1.807, 2.05) is 30.3 Å². The maximum atomic E-state index is 13.1. The largest absolute Gasteiger partial charge is 0.462 e. The summed E-state index contributed by atoms with van der Waals surface area (Å²) in [6.45, 7) is 21.1. The van der Waals surface area contributed by atoms with Crippen LogP contribution >= 0.6 is 0 Å². The van der Waals surface area contributed by atoms with Crippen LogP contribution in [0, 0.1) is 56.7 Å². The molecule has 6 rings (SSSR count). The summed E-state index contributed by atoms with van der Waals surface area (Å²) in [5.41, 5.74) is 8.60. The number of primary amides is 1. The first kappa shape index (κ1) is 39.9. The molecule has 294 valence electrons. The molecule has 0 radical (unpaired) electrons. The minimum Gasteiger partial charge on any atom is -0.462 e. The van der Waals surface area contributed by atoms with Gasteiger partial charge in [0.15, 0.2) is 0 Å². The number of amides is 3. The highest BCUT2D eigenvalue weighted by Gasteiger charge is 2.70. The Morgan fingerprint density at radius 2 is 1.49 bits per heavy atom. The van der Waals surface area contributed by atoms with Crippen LogP contribution in [0.4, 0.5) is 4.79 Å². The van der Waals surface area contributed by atoms with Gasteiger partial charge in [0.25, 0.3) is 0 Å². The van der Waals surface area contributed by atoms with Crippen molar-refractivity contribution >= 4 is 17.9 Å². The zero-order valence-electron chi connectivity index (χ0n) is 34.0. The van der Waals surface area contributed by atoms with E-state index in [0.29, 0.717) is 60.9 Å². The van der Waals surface area contributed by atoms with Gasteiger partial charge < -0.3 is 21.1 Å². The molecule has 53 heavy (non-hydrogen) atoms. The van der Waals surface area contributed by atoms with Crippen LogP contribution < -0.4 is 16.4 Å². The second-order valence-electron chi connectivity index (χ2n) is 19.9. The number of nitrogens with one attached hydrogen (secondary N) is 2. The quantitative estimate of drug-likeness (QED) is 0.107. The van der Waals surface area contributed by atoms with E-state index in [4.69, 9.17) is 10.5 Å². The number of ether oxygens (including phenoxy) is 1. The number of rotatable bonds is 13. The molecule has 5 fully saturated rings. The Hall–Kier alpha value is -2.83. The first-order chi connectivity index (χ1) is 25.0. The molecule has 0 aromatic heterocycles. The molecule has 5 aliphatic carbocycles. The summed E-state index contributed by atoms with van der Waals surface area (Å²) in [5.74, 6) is 2.61. The average Bonchev–Trinajstić information content (AvgIpc) is 3.47. The number of nitrogens with two attached hydrogens (primary N) is 1. The predicted molar refractivity (Wildman–Crippen MR) is 212 cm³/mol. The number of benzene rings is 1. The number of urea groups is 1. The lowest BCUT2D eigenvalue weighted by Gasteiger charge is -2.73. The van der Waals surface area contributed by atoms with Gasteiger partial charge >= 0.3 is 12.0 Å². The Balaban J connectivity index is 1.10. The number of carbonyl (C=O) groups is 3. The fourth-order valence-electron chi connectivity index (χ4n) is 13.9. The van der Waals surface area contributed by atoms with E-state index >= 15 is 0 Å². The molecule has 1 aromatic rings. The Morgan fingerprint density at radius 3 is 2.21 bits per heavy atom. The van der Waals surface area contributed by atoms with Crippen LogP contribution in [0.2, 0.25) is 0 Å². The summed E-state index contributed by atoms with van der Waals surface area (Å²) in [6.07, 6.45) is 16.4. The Labute approximate surface area is 320 Å². The van der Waals surface area contributed by atoms with Crippen LogP contribution in [-0.2, 0) is 20.9 Å². The Morgan fingerprint density at radius 1 is 0.774 bits per heavy atom. The van der Waals surface area contributed by atoms with Crippen molar-refractivity contribution in [1.29, 1.82) is 0 Å². The van der Waals surface area contributed by atoms with Gasteiger partial charge in [-0.2, -0.15) is 0 Å². The fourth-order valence-corrected chi connectivity index (χ4v) is 13.9.